The van der Waals surface area contributed by atoms with Gasteiger partial charge in [-0.2, -0.15) is 5.10 Å². The fourth-order valence-electron chi connectivity index (χ4n) is 2.42. The van der Waals surface area contributed by atoms with Gasteiger partial charge in [0.05, 0.1) is 0 Å². The number of carbonyl (C=O) groups excluding carboxylic acids is 1. The minimum atomic E-state index is -0.182. The van der Waals surface area contributed by atoms with E-state index in [1.54, 1.807) is 10.9 Å². The second-order valence-corrected chi connectivity index (χ2v) is 4.75. The minimum Gasteiger partial charge on any atom is -0.353 e. The van der Waals surface area contributed by atoms with E-state index < -0.39 is 0 Å². The highest BCUT2D eigenvalue weighted by Crippen LogP contribution is 2.09. The van der Waals surface area contributed by atoms with E-state index in [0.717, 1.165) is 19.5 Å². The van der Waals surface area contributed by atoms with E-state index in [4.69, 9.17) is 0 Å². The lowest BCUT2D eigenvalue weighted by Gasteiger charge is -2.18. The van der Waals surface area contributed by atoms with Crippen LogP contribution >= 0.6 is 0 Å². The molecule has 1 fully saturated rings. The van der Waals surface area contributed by atoms with Gasteiger partial charge in [-0.25, -0.2) is 0 Å². The summed E-state index contributed by atoms with van der Waals surface area (Å²) in [5.74, 6) is 0.0698. The molecule has 0 saturated carbocycles. The summed E-state index contributed by atoms with van der Waals surface area (Å²) >= 11 is 0. The molecule has 1 aromatic heterocycles. The maximum atomic E-state index is 12.1. The zero-order valence-electron chi connectivity index (χ0n) is 11.0. The highest BCUT2D eigenvalue weighted by atomic mass is 16.2. The van der Waals surface area contributed by atoms with E-state index in [-0.39, 0.29) is 11.9 Å². The molecule has 1 aliphatic rings. The Balaban J connectivity index is 1.75. The molecule has 0 aliphatic carbocycles. The predicted octanol–water partition coefficient (Wildman–Crippen LogP) is 1.05. The Morgan fingerprint density at radius 2 is 2.22 bits per heavy atom. The average Bonchev–Trinajstić information content (AvgIpc) is 3.02. The second kappa shape index (κ2) is 6.54. The number of nitrogens with zero attached hydrogens (tertiary/aromatic N) is 3. The molecule has 1 N–H and O–H groups in total. The Labute approximate surface area is 108 Å². The van der Waals surface area contributed by atoms with Crippen molar-refractivity contribution < 1.29 is 4.79 Å². The molecule has 0 spiro atoms. The second-order valence-electron chi connectivity index (χ2n) is 4.75. The Morgan fingerprint density at radius 1 is 1.44 bits per heavy atom. The third-order valence-corrected chi connectivity index (χ3v) is 3.46. The molecule has 100 valence electrons. The van der Waals surface area contributed by atoms with Gasteiger partial charge in [0, 0.05) is 25.5 Å². The maximum absolute atomic E-state index is 12.1. The van der Waals surface area contributed by atoms with E-state index >= 15 is 0 Å². The number of rotatable bonds is 6. The Morgan fingerprint density at radius 3 is 2.83 bits per heavy atom. The summed E-state index contributed by atoms with van der Waals surface area (Å²) in [7, 11) is 0. The number of carbonyl (C=O) groups is 1. The number of hydrogen-bond acceptors (Lipinski definition) is 3. The molecule has 5 heteroatoms. The third kappa shape index (κ3) is 3.32. The molecule has 1 aromatic rings. The molecule has 1 saturated heterocycles. The zero-order chi connectivity index (χ0) is 12.8. The molecule has 1 atom stereocenters. The van der Waals surface area contributed by atoms with Gasteiger partial charge in [0.1, 0.15) is 6.04 Å². The summed E-state index contributed by atoms with van der Waals surface area (Å²) in [5.41, 5.74) is 0. The van der Waals surface area contributed by atoms with Crippen molar-refractivity contribution in [2.45, 2.75) is 32.2 Å². The number of aromatic nitrogens is 2. The fraction of sp³-hybridized carbons (Fsp3) is 0.692. The summed E-state index contributed by atoms with van der Waals surface area (Å²) < 4.78 is 1.73. The predicted molar refractivity (Wildman–Crippen MR) is 70.2 cm³/mol. The highest BCUT2D eigenvalue weighted by molar-refractivity contribution is 5.80. The number of amides is 1. The van der Waals surface area contributed by atoms with Crippen LogP contribution in [0, 0.1) is 0 Å². The molecular formula is C13H22N4O. The summed E-state index contributed by atoms with van der Waals surface area (Å²) in [4.78, 5) is 14.5. The molecule has 2 rings (SSSR count). The molecule has 1 unspecified atom stereocenters. The van der Waals surface area contributed by atoms with Crippen LogP contribution in [-0.4, -0.2) is 46.8 Å². The van der Waals surface area contributed by atoms with Crippen molar-refractivity contribution in [3.05, 3.63) is 18.5 Å². The first-order valence-electron chi connectivity index (χ1n) is 6.80. The minimum absolute atomic E-state index is 0.0698. The molecule has 0 bridgehead atoms. The van der Waals surface area contributed by atoms with Gasteiger partial charge in [0.25, 0.3) is 0 Å². The standard InChI is InChI=1S/C13H22N4O/c1-2-12(17-10-5-6-15-17)13(18)14-7-11-16-8-3-4-9-16/h5-6,10,12H,2-4,7-9,11H2,1H3,(H,14,18). The van der Waals surface area contributed by atoms with Crippen molar-refractivity contribution in [2.24, 2.45) is 0 Å². The van der Waals surface area contributed by atoms with Gasteiger partial charge in [-0.1, -0.05) is 6.92 Å². The Bertz CT molecular complexity index is 357. The van der Waals surface area contributed by atoms with Crippen molar-refractivity contribution in [3.63, 3.8) is 0 Å². The van der Waals surface area contributed by atoms with Gasteiger partial charge in [-0.15, -0.1) is 0 Å². The van der Waals surface area contributed by atoms with Crippen molar-refractivity contribution in [3.8, 4) is 0 Å². The maximum Gasteiger partial charge on any atom is 0.244 e. The molecule has 5 nitrogen and oxygen atoms in total. The summed E-state index contributed by atoms with van der Waals surface area (Å²) in [5, 5.41) is 7.15. The van der Waals surface area contributed by atoms with Gasteiger partial charge >= 0.3 is 0 Å². The van der Waals surface area contributed by atoms with E-state index in [2.05, 4.69) is 15.3 Å². The van der Waals surface area contributed by atoms with Gasteiger partial charge in [0.15, 0.2) is 0 Å². The van der Waals surface area contributed by atoms with Crippen LogP contribution in [0.15, 0.2) is 18.5 Å². The van der Waals surface area contributed by atoms with Gasteiger partial charge in [0.2, 0.25) is 5.91 Å². The van der Waals surface area contributed by atoms with Crippen LogP contribution in [0.4, 0.5) is 0 Å². The summed E-state index contributed by atoms with van der Waals surface area (Å²) in [6.45, 7) is 6.04. The van der Waals surface area contributed by atoms with Gasteiger partial charge in [-0.3, -0.25) is 9.48 Å². The van der Waals surface area contributed by atoms with Crippen LogP contribution in [0.25, 0.3) is 0 Å². The molecule has 0 radical (unpaired) electrons. The normalized spacial score (nSPS) is 17.8. The number of nitrogens with one attached hydrogen (secondary N) is 1. The number of hydrogen-bond donors (Lipinski definition) is 1. The van der Waals surface area contributed by atoms with E-state index in [1.165, 1.54) is 25.9 Å². The summed E-state index contributed by atoms with van der Waals surface area (Å²) in [6.07, 6.45) is 6.89. The SMILES string of the molecule is CCC(C(=O)NCCN1CCCC1)n1cccn1. The molecule has 18 heavy (non-hydrogen) atoms. The molecule has 2 heterocycles. The van der Waals surface area contributed by atoms with E-state index in [0.29, 0.717) is 0 Å². The van der Waals surface area contributed by atoms with Crippen molar-refractivity contribution in [1.29, 1.82) is 0 Å². The lowest BCUT2D eigenvalue weighted by molar-refractivity contribution is -0.124. The van der Waals surface area contributed by atoms with Crippen LogP contribution in [0.3, 0.4) is 0 Å². The molecule has 1 aliphatic heterocycles. The Kier molecular flexibility index (Phi) is 4.75. The molecular weight excluding hydrogens is 228 g/mol. The first-order valence-corrected chi connectivity index (χ1v) is 6.80. The quantitative estimate of drug-likeness (QED) is 0.821. The van der Waals surface area contributed by atoms with Crippen LogP contribution in [0.1, 0.15) is 32.2 Å². The van der Waals surface area contributed by atoms with Crippen LogP contribution in [0.5, 0.6) is 0 Å². The van der Waals surface area contributed by atoms with Gasteiger partial charge < -0.3 is 10.2 Å². The monoisotopic (exact) mass is 250 g/mol. The third-order valence-electron chi connectivity index (χ3n) is 3.46. The van der Waals surface area contributed by atoms with Crippen LogP contribution in [-0.2, 0) is 4.79 Å². The highest BCUT2D eigenvalue weighted by Gasteiger charge is 2.18. The van der Waals surface area contributed by atoms with Crippen LogP contribution in [0.2, 0.25) is 0 Å². The summed E-state index contributed by atoms with van der Waals surface area (Å²) in [6, 6.07) is 1.67. The fourth-order valence-corrected chi connectivity index (χ4v) is 2.42. The van der Waals surface area contributed by atoms with Crippen LogP contribution < -0.4 is 5.32 Å². The Hall–Kier alpha value is -1.36. The topological polar surface area (TPSA) is 50.2 Å². The first kappa shape index (κ1) is 13.1. The average molecular weight is 250 g/mol. The van der Waals surface area contributed by atoms with Crippen molar-refractivity contribution in [1.82, 2.24) is 20.0 Å². The van der Waals surface area contributed by atoms with Crippen molar-refractivity contribution in [2.75, 3.05) is 26.2 Å². The first-order chi connectivity index (χ1) is 8.81. The van der Waals surface area contributed by atoms with E-state index in [1.807, 2.05) is 19.2 Å². The number of likely N-dealkylation sites (tertiary alicyclic amines) is 1. The lowest BCUT2D eigenvalue weighted by atomic mass is 10.2. The largest absolute Gasteiger partial charge is 0.353 e. The molecule has 0 aromatic carbocycles. The smallest absolute Gasteiger partial charge is 0.244 e. The van der Waals surface area contributed by atoms with E-state index in [9.17, 15) is 4.79 Å². The molecule has 1 amide bonds. The van der Waals surface area contributed by atoms with Crippen molar-refractivity contribution >= 4 is 5.91 Å². The van der Waals surface area contributed by atoms with Gasteiger partial charge in [-0.05, 0) is 38.4 Å². The lowest BCUT2D eigenvalue weighted by Crippen LogP contribution is -2.37. The zero-order valence-corrected chi connectivity index (χ0v) is 11.0.